The van der Waals surface area contributed by atoms with Crippen LogP contribution in [0.5, 0.6) is 0 Å². The largest absolute Gasteiger partial charge is 0.352 e. The number of aromatic nitrogens is 4. The van der Waals surface area contributed by atoms with E-state index in [1.807, 2.05) is 36.1 Å². The van der Waals surface area contributed by atoms with Gasteiger partial charge in [-0.25, -0.2) is 19.9 Å². The molecular weight excluding hydrogens is 370 g/mol. The van der Waals surface area contributed by atoms with Gasteiger partial charge in [-0.15, -0.1) is 0 Å². The normalized spacial score (nSPS) is 14.6. The first-order chi connectivity index (χ1) is 13.0. The van der Waals surface area contributed by atoms with Gasteiger partial charge in [0.1, 0.15) is 6.33 Å². The molecule has 1 fully saturated rings. The SMILES string of the molecule is Cc1nc2ccccc2nc1N1CCN(c2ncnc(Cl)c2[N+](=O)[O-])CC1. The molecule has 4 rings (SSSR count). The van der Waals surface area contributed by atoms with Crippen LogP contribution in [-0.2, 0) is 0 Å². The maximum Gasteiger partial charge on any atom is 0.348 e. The lowest BCUT2D eigenvalue weighted by Crippen LogP contribution is -2.47. The highest BCUT2D eigenvalue weighted by molar-refractivity contribution is 6.31. The molecule has 3 heterocycles. The first kappa shape index (κ1) is 17.3. The van der Waals surface area contributed by atoms with E-state index in [2.05, 4.69) is 19.9 Å². The van der Waals surface area contributed by atoms with Crippen LogP contribution in [-0.4, -0.2) is 51.0 Å². The molecule has 9 nitrogen and oxygen atoms in total. The quantitative estimate of drug-likeness (QED) is 0.385. The zero-order chi connectivity index (χ0) is 19.0. The highest BCUT2D eigenvalue weighted by Crippen LogP contribution is 2.32. The van der Waals surface area contributed by atoms with Gasteiger partial charge in [-0.05, 0) is 19.1 Å². The highest BCUT2D eigenvalue weighted by atomic mass is 35.5. The lowest BCUT2D eigenvalue weighted by molar-refractivity contribution is -0.384. The number of para-hydroxylation sites is 2. The lowest BCUT2D eigenvalue weighted by Gasteiger charge is -2.36. The van der Waals surface area contributed by atoms with Gasteiger partial charge in [0.2, 0.25) is 11.0 Å². The van der Waals surface area contributed by atoms with Gasteiger partial charge in [0.15, 0.2) is 5.82 Å². The van der Waals surface area contributed by atoms with Crippen LogP contribution in [0.25, 0.3) is 11.0 Å². The summed E-state index contributed by atoms with van der Waals surface area (Å²) >= 11 is 5.90. The topological polar surface area (TPSA) is 101 Å². The zero-order valence-electron chi connectivity index (χ0n) is 14.5. The minimum absolute atomic E-state index is 0.149. The van der Waals surface area contributed by atoms with Gasteiger partial charge in [0.25, 0.3) is 0 Å². The molecule has 0 spiro atoms. The molecule has 0 saturated carbocycles. The summed E-state index contributed by atoms with van der Waals surface area (Å²) in [5.41, 5.74) is 2.31. The third-order valence-electron chi connectivity index (χ3n) is 4.54. The van der Waals surface area contributed by atoms with E-state index in [-0.39, 0.29) is 16.7 Å². The number of rotatable bonds is 3. The number of hydrogen-bond donors (Lipinski definition) is 0. The zero-order valence-corrected chi connectivity index (χ0v) is 15.3. The van der Waals surface area contributed by atoms with Crippen molar-refractivity contribution in [3.05, 3.63) is 51.6 Å². The summed E-state index contributed by atoms with van der Waals surface area (Å²) in [4.78, 5) is 32.0. The van der Waals surface area contributed by atoms with E-state index in [1.165, 1.54) is 6.33 Å². The van der Waals surface area contributed by atoms with Gasteiger partial charge in [0.05, 0.1) is 21.7 Å². The molecule has 0 unspecified atom stereocenters. The Bertz CT molecular complexity index is 1020. The molecule has 1 aliphatic heterocycles. The van der Waals surface area contributed by atoms with Crippen molar-refractivity contribution in [2.24, 2.45) is 0 Å². The van der Waals surface area contributed by atoms with Crippen molar-refractivity contribution < 1.29 is 4.92 Å². The number of halogens is 1. The number of benzene rings is 1. The second-order valence-electron chi connectivity index (χ2n) is 6.19. The Labute approximate surface area is 159 Å². The molecule has 27 heavy (non-hydrogen) atoms. The average molecular weight is 386 g/mol. The van der Waals surface area contributed by atoms with E-state index < -0.39 is 4.92 Å². The summed E-state index contributed by atoms with van der Waals surface area (Å²) in [7, 11) is 0. The number of aryl methyl sites for hydroxylation is 1. The smallest absolute Gasteiger partial charge is 0.348 e. The summed E-state index contributed by atoms with van der Waals surface area (Å²) < 4.78 is 0. The molecule has 0 bridgehead atoms. The van der Waals surface area contributed by atoms with Gasteiger partial charge in [-0.1, -0.05) is 23.7 Å². The molecule has 1 aromatic carbocycles. The first-order valence-electron chi connectivity index (χ1n) is 8.43. The number of nitro groups is 1. The fraction of sp³-hybridized carbons (Fsp3) is 0.294. The predicted molar refractivity (Wildman–Crippen MR) is 102 cm³/mol. The molecule has 0 atom stereocenters. The second-order valence-corrected chi connectivity index (χ2v) is 6.55. The third kappa shape index (κ3) is 3.21. The van der Waals surface area contributed by atoms with Crippen molar-refractivity contribution in [2.75, 3.05) is 36.0 Å². The van der Waals surface area contributed by atoms with Crippen LogP contribution in [0.15, 0.2) is 30.6 Å². The molecule has 1 aliphatic rings. The summed E-state index contributed by atoms with van der Waals surface area (Å²) in [6, 6.07) is 7.75. The van der Waals surface area contributed by atoms with Crippen molar-refractivity contribution in [1.82, 2.24) is 19.9 Å². The number of anilines is 2. The molecule has 3 aromatic rings. The van der Waals surface area contributed by atoms with Gasteiger partial charge < -0.3 is 9.80 Å². The van der Waals surface area contributed by atoms with Gasteiger partial charge in [-0.3, -0.25) is 10.1 Å². The van der Waals surface area contributed by atoms with E-state index in [9.17, 15) is 10.1 Å². The summed E-state index contributed by atoms with van der Waals surface area (Å²) in [6.07, 6.45) is 1.25. The molecule has 10 heteroatoms. The Morgan fingerprint density at radius 1 is 1.00 bits per heavy atom. The van der Waals surface area contributed by atoms with Crippen LogP contribution in [0.4, 0.5) is 17.3 Å². The maximum atomic E-state index is 11.3. The highest BCUT2D eigenvalue weighted by Gasteiger charge is 2.29. The van der Waals surface area contributed by atoms with E-state index in [4.69, 9.17) is 16.6 Å². The molecular formula is C17H16ClN7O2. The molecule has 1 saturated heterocycles. The Kier molecular flexibility index (Phi) is 4.44. The standard InChI is InChI=1S/C17H16ClN7O2/c1-11-16(22-13-5-3-2-4-12(13)21-11)23-6-8-24(9-7-23)17-14(25(26)27)15(18)19-10-20-17/h2-5,10H,6-9H2,1H3. The summed E-state index contributed by atoms with van der Waals surface area (Å²) in [6.45, 7) is 4.35. The number of nitrogens with zero attached hydrogens (tertiary/aromatic N) is 7. The monoisotopic (exact) mass is 385 g/mol. The van der Waals surface area contributed by atoms with Crippen molar-refractivity contribution in [2.45, 2.75) is 6.92 Å². The van der Waals surface area contributed by atoms with Crippen molar-refractivity contribution >= 4 is 40.0 Å². The van der Waals surface area contributed by atoms with Crippen LogP contribution >= 0.6 is 11.6 Å². The van der Waals surface area contributed by atoms with Crippen LogP contribution in [0.3, 0.4) is 0 Å². The number of hydrogen-bond acceptors (Lipinski definition) is 8. The van der Waals surface area contributed by atoms with Crippen molar-refractivity contribution in [3.8, 4) is 0 Å². The molecule has 0 radical (unpaired) electrons. The maximum absolute atomic E-state index is 11.3. The minimum Gasteiger partial charge on any atom is -0.352 e. The molecule has 138 valence electrons. The summed E-state index contributed by atoms with van der Waals surface area (Å²) in [5, 5.41) is 11.2. The number of piperazine rings is 1. The average Bonchev–Trinajstić information content (AvgIpc) is 2.67. The van der Waals surface area contributed by atoms with Gasteiger partial charge >= 0.3 is 5.69 Å². The van der Waals surface area contributed by atoms with Gasteiger partial charge in [0, 0.05) is 26.2 Å². The van der Waals surface area contributed by atoms with Crippen LogP contribution < -0.4 is 9.80 Å². The Morgan fingerprint density at radius 2 is 1.59 bits per heavy atom. The predicted octanol–water partition coefficient (Wildman–Crippen LogP) is 2.62. The van der Waals surface area contributed by atoms with Crippen LogP contribution in [0.2, 0.25) is 5.15 Å². The van der Waals surface area contributed by atoms with Crippen molar-refractivity contribution in [1.29, 1.82) is 0 Å². The fourth-order valence-electron chi connectivity index (χ4n) is 3.25. The van der Waals surface area contributed by atoms with E-state index in [0.29, 0.717) is 26.2 Å². The van der Waals surface area contributed by atoms with Crippen molar-refractivity contribution in [3.63, 3.8) is 0 Å². The lowest BCUT2D eigenvalue weighted by atomic mass is 10.2. The third-order valence-corrected chi connectivity index (χ3v) is 4.82. The summed E-state index contributed by atoms with van der Waals surface area (Å²) in [5.74, 6) is 1.09. The minimum atomic E-state index is -0.539. The molecule has 0 N–H and O–H groups in total. The van der Waals surface area contributed by atoms with E-state index in [0.717, 1.165) is 22.5 Å². The molecule has 0 aliphatic carbocycles. The van der Waals surface area contributed by atoms with E-state index >= 15 is 0 Å². The molecule has 2 aromatic heterocycles. The van der Waals surface area contributed by atoms with Gasteiger partial charge in [-0.2, -0.15) is 0 Å². The Balaban J connectivity index is 1.57. The second kappa shape index (κ2) is 6.92. The Hall–Kier alpha value is -3.07. The fourth-order valence-corrected chi connectivity index (χ4v) is 3.44. The first-order valence-corrected chi connectivity index (χ1v) is 8.80. The molecule has 0 amide bonds. The van der Waals surface area contributed by atoms with Crippen LogP contribution in [0, 0.1) is 17.0 Å². The van der Waals surface area contributed by atoms with Crippen LogP contribution in [0.1, 0.15) is 5.69 Å². The number of fused-ring (bicyclic) bond motifs is 1. The Morgan fingerprint density at radius 3 is 2.22 bits per heavy atom. The van der Waals surface area contributed by atoms with E-state index in [1.54, 1.807) is 0 Å².